The first-order chi connectivity index (χ1) is 19.9. The number of hydrogen-bond donors (Lipinski definition) is 0. The highest BCUT2D eigenvalue weighted by Crippen LogP contribution is 2.20. The van der Waals surface area contributed by atoms with Gasteiger partial charge in [0.15, 0.2) is 23.5 Å². The zero-order chi connectivity index (χ0) is 32.5. The summed E-state index contributed by atoms with van der Waals surface area (Å²) < 4.78 is 64.0. The second-order valence-electron chi connectivity index (χ2n) is 8.98. The molecular formula is C23H30N6O12S2. The number of nitro groups is 2. The standard InChI is InChI=1S/C23H30N6O12S2/c1-18-5-9-22(10-6-18)42(36,37)26(15-25(29(34)35)16-40-20(3)30)13-24(28(32)33)14-27(17-41-21(4)31)43(38,39)23-11-7-19(2)8-12-23/h5-12H,13-17H2,1-4H3. The Kier molecular flexibility index (Phi) is 11.9. The van der Waals surface area contributed by atoms with E-state index in [-0.39, 0.29) is 19.8 Å². The van der Waals surface area contributed by atoms with Gasteiger partial charge in [0, 0.05) is 13.8 Å². The van der Waals surface area contributed by atoms with Crippen molar-refractivity contribution in [1.82, 2.24) is 18.6 Å². The minimum atomic E-state index is -4.72. The summed E-state index contributed by atoms with van der Waals surface area (Å²) in [5, 5.41) is 21.9. The minimum Gasteiger partial charge on any atom is -0.449 e. The van der Waals surface area contributed by atoms with Gasteiger partial charge in [-0.05, 0) is 38.1 Å². The Morgan fingerprint density at radius 1 is 0.651 bits per heavy atom. The van der Waals surface area contributed by atoms with Crippen LogP contribution in [0.25, 0.3) is 0 Å². The number of hydrogen-bond acceptors (Lipinski definition) is 12. The summed E-state index contributed by atoms with van der Waals surface area (Å²) in [7, 11) is -9.28. The Labute approximate surface area is 247 Å². The lowest BCUT2D eigenvalue weighted by atomic mass is 10.2. The smallest absolute Gasteiger partial charge is 0.304 e. The van der Waals surface area contributed by atoms with Crippen molar-refractivity contribution in [2.75, 3.05) is 33.5 Å². The molecule has 0 saturated carbocycles. The van der Waals surface area contributed by atoms with Crippen molar-refractivity contribution < 1.29 is 46.0 Å². The van der Waals surface area contributed by atoms with E-state index in [2.05, 4.69) is 4.74 Å². The largest absolute Gasteiger partial charge is 0.449 e. The van der Waals surface area contributed by atoms with E-state index in [4.69, 9.17) is 4.74 Å². The third kappa shape index (κ3) is 9.84. The van der Waals surface area contributed by atoms with Crippen LogP contribution in [0.1, 0.15) is 25.0 Å². The average molecular weight is 647 g/mol. The molecule has 236 valence electrons. The highest BCUT2D eigenvalue weighted by molar-refractivity contribution is 7.89. The van der Waals surface area contributed by atoms with Gasteiger partial charge in [-0.25, -0.2) is 37.1 Å². The van der Waals surface area contributed by atoms with E-state index in [0.29, 0.717) is 19.7 Å². The Hall–Kier alpha value is -4.40. The fourth-order valence-corrected chi connectivity index (χ4v) is 5.87. The van der Waals surface area contributed by atoms with Crippen molar-refractivity contribution in [3.63, 3.8) is 0 Å². The first-order valence-corrected chi connectivity index (χ1v) is 15.0. The Bertz CT molecular complexity index is 1530. The third-order valence-electron chi connectivity index (χ3n) is 5.57. The molecule has 18 nitrogen and oxygen atoms in total. The van der Waals surface area contributed by atoms with E-state index >= 15 is 0 Å². The van der Waals surface area contributed by atoms with Crippen molar-refractivity contribution in [2.24, 2.45) is 0 Å². The van der Waals surface area contributed by atoms with Gasteiger partial charge in [-0.3, -0.25) is 9.59 Å². The second-order valence-corrected chi connectivity index (χ2v) is 12.9. The predicted molar refractivity (Wildman–Crippen MR) is 146 cm³/mol. The lowest BCUT2D eigenvalue weighted by Gasteiger charge is -2.29. The van der Waals surface area contributed by atoms with E-state index in [9.17, 15) is 46.7 Å². The molecule has 0 unspecified atom stereocenters. The maximum atomic E-state index is 13.6. The maximum absolute atomic E-state index is 13.6. The summed E-state index contributed by atoms with van der Waals surface area (Å²) in [5.74, 6) is -1.83. The van der Waals surface area contributed by atoms with E-state index in [1.807, 2.05) is 0 Å². The van der Waals surface area contributed by atoms with Gasteiger partial charge >= 0.3 is 11.9 Å². The lowest BCUT2D eigenvalue weighted by molar-refractivity contribution is -0.673. The Morgan fingerprint density at radius 2 is 1.00 bits per heavy atom. The van der Waals surface area contributed by atoms with Crippen LogP contribution in [0.15, 0.2) is 58.3 Å². The van der Waals surface area contributed by atoms with Crippen LogP contribution >= 0.6 is 0 Å². The molecule has 2 aromatic carbocycles. The first-order valence-electron chi connectivity index (χ1n) is 12.1. The van der Waals surface area contributed by atoms with E-state index < -0.39 is 75.5 Å². The van der Waals surface area contributed by atoms with E-state index in [0.717, 1.165) is 13.8 Å². The molecule has 0 atom stereocenters. The number of carbonyl (C=O) groups is 2. The molecule has 2 rings (SSSR count). The molecule has 0 saturated heterocycles. The second kappa shape index (κ2) is 14.7. The molecule has 20 heteroatoms. The molecule has 0 heterocycles. The summed E-state index contributed by atoms with van der Waals surface area (Å²) in [6.45, 7) is -0.230. The molecule has 2 aromatic rings. The fraction of sp³-hybridized carbons (Fsp3) is 0.391. The summed E-state index contributed by atoms with van der Waals surface area (Å²) in [6.07, 6.45) is 0. The van der Waals surface area contributed by atoms with Crippen LogP contribution in [-0.4, -0.2) is 90.9 Å². The van der Waals surface area contributed by atoms with E-state index in [1.165, 1.54) is 48.5 Å². The van der Waals surface area contributed by atoms with Crippen LogP contribution in [0.4, 0.5) is 0 Å². The van der Waals surface area contributed by atoms with Crippen LogP contribution in [0, 0.1) is 34.1 Å². The van der Waals surface area contributed by atoms with Crippen LogP contribution in [0.2, 0.25) is 0 Å². The van der Waals surface area contributed by atoms with Crippen molar-refractivity contribution in [3.8, 4) is 0 Å². The molecule has 0 fully saturated rings. The van der Waals surface area contributed by atoms with Crippen LogP contribution < -0.4 is 0 Å². The molecule has 0 bridgehead atoms. The number of carbonyl (C=O) groups excluding carboxylic acids is 2. The van der Waals surface area contributed by atoms with Gasteiger partial charge in [-0.15, -0.1) is 8.61 Å². The number of aryl methyl sites for hydroxylation is 2. The summed E-state index contributed by atoms with van der Waals surface area (Å²) in [6, 6.07) is 10.6. The van der Waals surface area contributed by atoms with Crippen LogP contribution in [-0.2, 0) is 39.1 Å². The van der Waals surface area contributed by atoms with Gasteiger partial charge < -0.3 is 9.47 Å². The van der Waals surface area contributed by atoms with Crippen LogP contribution in [0.3, 0.4) is 0 Å². The Balaban J connectivity index is 2.56. The molecular weight excluding hydrogens is 616 g/mol. The van der Waals surface area contributed by atoms with Gasteiger partial charge in [-0.1, -0.05) is 45.4 Å². The minimum absolute atomic E-state index is 0.144. The number of hydrazine groups is 2. The molecule has 0 aliphatic carbocycles. The molecule has 0 radical (unpaired) electrons. The molecule has 0 N–H and O–H groups in total. The molecule has 0 aliphatic rings. The summed E-state index contributed by atoms with van der Waals surface area (Å²) in [5.41, 5.74) is 1.38. The van der Waals surface area contributed by atoms with E-state index in [1.54, 1.807) is 13.8 Å². The SMILES string of the molecule is CC(=O)OCN(CN(CN(CN(COC(C)=O)S(=O)(=O)c1ccc(C)cc1)[N+](=O)[O-])S(=O)(=O)c1ccc(C)cc1)[N+](=O)[O-]. The highest BCUT2D eigenvalue weighted by atomic mass is 32.2. The molecule has 0 amide bonds. The van der Waals surface area contributed by atoms with Crippen molar-refractivity contribution >= 4 is 32.0 Å². The number of nitrogens with zero attached hydrogens (tertiary/aromatic N) is 6. The lowest BCUT2D eigenvalue weighted by Crippen LogP contribution is -2.53. The third-order valence-corrected chi connectivity index (χ3v) is 9.12. The van der Waals surface area contributed by atoms with Gasteiger partial charge in [0.1, 0.15) is 13.3 Å². The molecule has 0 aromatic heterocycles. The van der Waals surface area contributed by atoms with Gasteiger partial charge in [0.2, 0.25) is 26.8 Å². The molecule has 0 aliphatic heterocycles. The van der Waals surface area contributed by atoms with Crippen LogP contribution in [0.5, 0.6) is 0 Å². The van der Waals surface area contributed by atoms with Crippen molar-refractivity contribution in [3.05, 3.63) is 79.9 Å². The first kappa shape index (κ1) is 34.8. The number of esters is 2. The average Bonchev–Trinajstić information content (AvgIpc) is 2.91. The van der Waals surface area contributed by atoms with Gasteiger partial charge in [0.25, 0.3) is 0 Å². The zero-order valence-electron chi connectivity index (χ0n) is 23.6. The predicted octanol–water partition coefficient (Wildman–Crippen LogP) is 0.886. The quantitative estimate of drug-likeness (QED) is 0.107. The van der Waals surface area contributed by atoms with Crippen molar-refractivity contribution in [1.29, 1.82) is 0 Å². The van der Waals surface area contributed by atoms with Gasteiger partial charge in [0.05, 0.1) is 9.79 Å². The number of sulfonamides is 2. The van der Waals surface area contributed by atoms with Gasteiger partial charge in [-0.2, -0.15) is 0 Å². The maximum Gasteiger partial charge on any atom is 0.304 e. The molecule has 0 spiro atoms. The fourth-order valence-electron chi connectivity index (χ4n) is 3.26. The zero-order valence-corrected chi connectivity index (χ0v) is 25.2. The topological polar surface area (TPSA) is 220 Å². The number of ether oxygens (including phenoxy) is 2. The molecule has 43 heavy (non-hydrogen) atoms. The summed E-state index contributed by atoms with van der Waals surface area (Å²) in [4.78, 5) is 45.8. The monoisotopic (exact) mass is 646 g/mol. The number of benzene rings is 2. The summed E-state index contributed by atoms with van der Waals surface area (Å²) >= 11 is 0. The Morgan fingerprint density at radius 3 is 1.40 bits per heavy atom. The highest BCUT2D eigenvalue weighted by Gasteiger charge is 2.37. The number of rotatable bonds is 16. The normalized spacial score (nSPS) is 11.7. The van der Waals surface area contributed by atoms with Crippen molar-refractivity contribution in [2.45, 2.75) is 37.5 Å².